The van der Waals surface area contributed by atoms with Crippen LogP contribution < -0.4 is 10.1 Å². The van der Waals surface area contributed by atoms with Crippen molar-refractivity contribution in [1.82, 2.24) is 0 Å². The van der Waals surface area contributed by atoms with Crippen molar-refractivity contribution in [3.8, 4) is 5.75 Å². The molecule has 2 aromatic rings. The van der Waals surface area contributed by atoms with Crippen LogP contribution >= 0.6 is 0 Å². The van der Waals surface area contributed by atoms with Gasteiger partial charge in [0, 0.05) is 5.56 Å². The minimum Gasteiger partial charge on any atom is -0.497 e. The van der Waals surface area contributed by atoms with Gasteiger partial charge < -0.3 is 15.2 Å². The zero-order valence-corrected chi connectivity index (χ0v) is 11.1. The van der Waals surface area contributed by atoms with Crippen LogP contribution in [0.1, 0.15) is 20.7 Å². The quantitative estimate of drug-likeness (QED) is 0.907. The van der Waals surface area contributed by atoms with Crippen LogP contribution in [0.15, 0.2) is 42.5 Å². The molecule has 2 N–H and O–H groups in total. The number of nitrogens with one attached hydrogen (secondary N) is 1. The number of amides is 1. The Labute approximate surface area is 120 Å². The van der Waals surface area contributed by atoms with E-state index in [2.05, 4.69) is 5.32 Å². The van der Waals surface area contributed by atoms with E-state index in [-0.39, 0.29) is 11.3 Å². The average molecular weight is 289 g/mol. The highest BCUT2D eigenvalue weighted by atomic mass is 19.1. The molecule has 0 fully saturated rings. The summed E-state index contributed by atoms with van der Waals surface area (Å²) in [6.07, 6.45) is 0. The number of halogens is 1. The molecule has 1 amide bonds. The van der Waals surface area contributed by atoms with Crippen molar-refractivity contribution < 1.29 is 23.8 Å². The van der Waals surface area contributed by atoms with Crippen LogP contribution in [0, 0.1) is 5.82 Å². The minimum absolute atomic E-state index is 0.0321. The molecule has 0 radical (unpaired) electrons. The van der Waals surface area contributed by atoms with Crippen LogP contribution in [0.4, 0.5) is 10.1 Å². The number of ether oxygens (including phenoxy) is 1. The van der Waals surface area contributed by atoms with E-state index >= 15 is 0 Å². The highest BCUT2D eigenvalue weighted by Crippen LogP contribution is 2.19. The van der Waals surface area contributed by atoms with Gasteiger partial charge in [-0.1, -0.05) is 0 Å². The average Bonchev–Trinajstić information content (AvgIpc) is 2.49. The van der Waals surface area contributed by atoms with Crippen LogP contribution in [0.5, 0.6) is 5.75 Å². The molecule has 6 heteroatoms. The topological polar surface area (TPSA) is 75.6 Å². The maximum Gasteiger partial charge on any atom is 0.337 e. The predicted molar refractivity (Wildman–Crippen MR) is 74.3 cm³/mol. The molecule has 21 heavy (non-hydrogen) atoms. The first-order valence-electron chi connectivity index (χ1n) is 5.99. The third kappa shape index (κ3) is 3.36. The maximum atomic E-state index is 13.1. The second-order valence-electron chi connectivity index (χ2n) is 4.18. The van der Waals surface area contributed by atoms with Crippen LogP contribution in [-0.4, -0.2) is 24.1 Å². The van der Waals surface area contributed by atoms with Crippen LogP contribution in [-0.2, 0) is 0 Å². The number of anilines is 1. The Morgan fingerprint density at radius 2 is 1.81 bits per heavy atom. The molecule has 0 spiro atoms. The fourth-order valence-corrected chi connectivity index (χ4v) is 1.74. The number of aromatic carboxylic acids is 1. The molecule has 0 unspecified atom stereocenters. The Bertz CT molecular complexity index is 683. The highest BCUT2D eigenvalue weighted by molar-refractivity contribution is 6.07. The zero-order chi connectivity index (χ0) is 15.4. The molecule has 0 aliphatic carbocycles. The molecule has 0 heterocycles. The van der Waals surface area contributed by atoms with Gasteiger partial charge in [0.05, 0.1) is 18.4 Å². The second kappa shape index (κ2) is 6.04. The molecule has 2 rings (SSSR count). The van der Waals surface area contributed by atoms with Crippen molar-refractivity contribution >= 4 is 17.6 Å². The Kier molecular flexibility index (Phi) is 4.18. The first kappa shape index (κ1) is 14.5. The lowest BCUT2D eigenvalue weighted by molar-refractivity contribution is 0.0697. The molecule has 0 atom stereocenters. The van der Waals surface area contributed by atoms with E-state index in [0.29, 0.717) is 11.3 Å². The summed E-state index contributed by atoms with van der Waals surface area (Å²) in [6.45, 7) is 0. The Balaban J connectivity index is 2.24. The molecule has 0 aliphatic rings. The molecular weight excluding hydrogens is 277 g/mol. The first-order valence-corrected chi connectivity index (χ1v) is 5.99. The van der Waals surface area contributed by atoms with Crippen LogP contribution in [0.25, 0.3) is 0 Å². The number of hydrogen-bond donors (Lipinski definition) is 2. The Morgan fingerprint density at radius 1 is 1.14 bits per heavy atom. The number of rotatable bonds is 4. The van der Waals surface area contributed by atoms with Gasteiger partial charge in [-0.15, -0.1) is 0 Å². The van der Waals surface area contributed by atoms with Gasteiger partial charge in [0.25, 0.3) is 5.91 Å². The summed E-state index contributed by atoms with van der Waals surface area (Å²) in [7, 11) is 1.51. The van der Waals surface area contributed by atoms with Gasteiger partial charge in [0.15, 0.2) is 0 Å². The van der Waals surface area contributed by atoms with Gasteiger partial charge in [0.1, 0.15) is 11.6 Å². The van der Waals surface area contributed by atoms with E-state index in [4.69, 9.17) is 9.84 Å². The first-order chi connectivity index (χ1) is 10.0. The van der Waals surface area contributed by atoms with Crippen molar-refractivity contribution in [2.45, 2.75) is 0 Å². The van der Waals surface area contributed by atoms with E-state index in [1.54, 1.807) is 12.1 Å². The van der Waals surface area contributed by atoms with Gasteiger partial charge in [0.2, 0.25) is 0 Å². The van der Waals surface area contributed by atoms with Crippen molar-refractivity contribution in [2.24, 2.45) is 0 Å². The van der Waals surface area contributed by atoms with Gasteiger partial charge in [-0.25, -0.2) is 9.18 Å². The minimum atomic E-state index is -1.32. The summed E-state index contributed by atoms with van der Waals surface area (Å²) in [5, 5.41) is 11.5. The lowest BCUT2D eigenvalue weighted by Crippen LogP contribution is -2.15. The SMILES string of the molecule is COc1ccc(C(=O)Nc2ccc(F)cc2C(=O)O)cc1. The lowest BCUT2D eigenvalue weighted by Gasteiger charge is -2.09. The standard InChI is InChI=1S/C15H12FNO4/c1-21-11-5-2-9(3-6-11)14(18)17-13-7-4-10(16)8-12(13)15(19)20/h2-8H,1H3,(H,17,18)(H,19,20). The molecule has 5 nitrogen and oxygen atoms in total. The molecule has 0 saturated carbocycles. The van der Waals surface area contributed by atoms with Crippen molar-refractivity contribution in [2.75, 3.05) is 12.4 Å². The third-order valence-electron chi connectivity index (χ3n) is 2.81. The number of carboxylic acids is 1. The zero-order valence-electron chi connectivity index (χ0n) is 11.1. The molecule has 0 aliphatic heterocycles. The van der Waals surface area contributed by atoms with E-state index in [1.165, 1.54) is 25.3 Å². The maximum absolute atomic E-state index is 13.1. The monoisotopic (exact) mass is 289 g/mol. The molecule has 0 bridgehead atoms. The second-order valence-corrected chi connectivity index (χ2v) is 4.18. The highest BCUT2D eigenvalue weighted by Gasteiger charge is 2.14. The Morgan fingerprint density at radius 3 is 2.38 bits per heavy atom. The van der Waals surface area contributed by atoms with Crippen LogP contribution in [0.2, 0.25) is 0 Å². The smallest absolute Gasteiger partial charge is 0.337 e. The summed E-state index contributed by atoms with van der Waals surface area (Å²) in [5.74, 6) is -1.90. The van der Waals surface area contributed by atoms with Gasteiger partial charge >= 0.3 is 5.97 Å². The largest absolute Gasteiger partial charge is 0.497 e. The summed E-state index contributed by atoms with van der Waals surface area (Å²) >= 11 is 0. The van der Waals surface area contributed by atoms with E-state index in [9.17, 15) is 14.0 Å². The van der Waals surface area contributed by atoms with Crippen molar-refractivity contribution in [3.05, 3.63) is 59.4 Å². The van der Waals surface area contributed by atoms with Gasteiger partial charge in [-0.3, -0.25) is 4.79 Å². The number of benzene rings is 2. The molecule has 2 aromatic carbocycles. The predicted octanol–water partition coefficient (Wildman–Crippen LogP) is 2.78. The third-order valence-corrected chi connectivity index (χ3v) is 2.81. The summed E-state index contributed by atoms with van der Waals surface area (Å²) in [5.41, 5.74) is 0.0537. The van der Waals surface area contributed by atoms with Crippen molar-refractivity contribution in [3.63, 3.8) is 0 Å². The molecule has 0 saturated heterocycles. The number of hydrogen-bond acceptors (Lipinski definition) is 3. The fraction of sp³-hybridized carbons (Fsp3) is 0.0667. The lowest BCUT2D eigenvalue weighted by atomic mass is 10.1. The van der Waals surface area contributed by atoms with E-state index in [0.717, 1.165) is 12.1 Å². The Hall–Kier alpha value is -2.89. The molecular formula is C15H12FNO4. The summed E-state index contributed by atoms with van der Waals surface area (Å²) in [4.78, 5) is 23.1. The van der Waals surface area contributed by atoms with Gasteiger partial charge in [-0.05, 0) is 42.5 Å². The number of carbonyl (C=O) groups excluding carboxylic acids is 1. The molecule has 108 valence electrons. The summed E-state index contributed by atoms with van der Waals surface area (Å²) in [6, 6.07) is 9.44. The molecule has 0 aromatic heterocycles. The van der Waals surface area contributed by atoms with Crippen LogP contribution in [0.3, 0.4) is 0 Å². The normalized spacial score (nSPS) is 10.0. The van der Waals surface area contributed by atoms with Crippen molar-refractivity contribution in [1.29, 1.82) is 0 Å². The fourth-order valence-electron chi connectivity index (χ4n) is 1.74. The summed E-state index contributed by atoms with van der Waals surface area (Å²) < 4.78 is 18.0. The van der Waals surface area contributed by atoms with E-state index in [1.807, 2.05) is 0 Å². The number of methoxy groups -OCH3 is 1. The van der Waals surface area contributed by atoms with Gasteiger partial charge in [-0.2, -0.15) is 0 Å². The number of carboxylic acid groups (broad SMARTS) is 1. The van der Waals surface area contributed by atoms with E-state index < -0.39 is 17.7 Å². The number of carbonyl (C=O) groups is 2.